The molecule has 2 N–H and O–H groups in total. The molecule has 1 aromatic rings. The van der Waals surface area contributed by atoms with Gasteiger partial charge in [0.25, 0.3) is 0 Å². The molecule has 0 radical (unpaired) electrons. The van der Waals surface area contributed by atoms with Crippen LogP contribution in [0.5, 0.6) is 0 Å². The molecule has 0 atom stereocenters. The highest BCUT2D eigenvalue weighted by molar-refractivity contribution is 5.73. The standard InChI is InChI=1S/C19H28N2O2/c1-13(2)16-7-6-15(12-17(16)20)14-8-10-21(11-9-14)18(22)23-19(3,4)5/h6-7,12,14H,1,8-11,20H2,2-5H3. The number of ether oxygens (including phenoxy) is 1. The molecule has 0 saturated carbocycles. The molecule has 0 aliphatic carbocycles. The molecular formula is C19H28N2O2. The Morgan fingerprint density at radius 1 is 1.30 bits per heavy atom. The van der Waals surface area contributed by atoms with E-state index in [1.807, 2.05) is 33.8 Å². The fourth-order valence-electron chi connectivity index (χ4n) is 2.95. The summed E-state index contributed by atoms with van der Waals surface area (Å²) >= 11 is 0. The Morgan fingerprint density at radius 3 is 2.39 bits per heavy atom. The van der Waals surface area contributed by atoms with Gasteiger partial charge in [-0.1, -0.05) is 18.7 Å². The lowest BCUT2D eigenvalue weighted by Crippen LogP contribution is -2.41. The highest BCUT2D eigenvalue weighted by Crippen LogP contribution is 2.32. The van der Waals surface area contributed by atoms with Crippen molar-refractivity contribution in [1.82, 2.24) is 4.90 Å². The molecule has 1 saturated heterocycles. The average molecular weight is 316 g/mol. The number of hydrogen-bond donors (Lipinski definition) is 1. The SMILES string of the molecule is C=C(C)c1ccc(C2CCN(C(=O)OC(C)(C)C)CC2)cc1N. The van der Waals surface area contributed by atoms with Crippen LogP contribution >= 0.6 is 0 Å². The third-order valence-electron chi connectivity index (χ3n) is 4.15. The number of piperidine rings is 1. The van der Waals surface area contributed by atoms with Gasteiger partial charge in [0.2, 0.25) is 0 Å². The first-order valence-electron chi connectivity index (χ1n) is 8.20. The second-order valence-electron chi connectivity index (χ2n) is 7.37. The van der Waals surface area contributed by atoms with Crippen LogP contribution in [0, 0.1) is 0 Å². The number of carbonyl (C=O) groups is 1. The molecule has 1 fully saturated rings. The average Bonchev–Trinajstić information content (AvgIpc) is 2.45. The highest BCUT2D eigenvalue weighted by atomic mass is 16.6. The minimum Gasteiger partial charge on any atom is -0.444 e. The van der Waals surface area contributed by atoms with Crippen molar-refractivity contribution in [3.63, 3.8) is 0 Å². The molecular weight excluding hydrogens is 288 g/mol. The van der Waals surface area contributed by atoms with E-state index in [1.165, 1.54) is 5.56 Å². The molecule has 1 aromatic carbocycles. The summed E-state index contributed by atoms with van der Waals surface area (Å²) in [7, 11) is 0. The van der Waals surface area contributed by atoms with E-state index in [1.54, 1.807) is 4.90 Å². The largest absolute Gasteiger partial charge is 0.444 e. The first-order chi connectivity index (χ1) is 10.7. The van der Waals surface area contributed by atoms with E-state index in [0.717, 1.165) is 42.8 Å². The fraction of sp³-hybridized carbons (Fsp3) is 0.526. The van der Waals surface area contributed by atoms with Gasteiger partial charge < -0.3 is 15.4 Å². The molecule has 4 nitrogen and oxygen atoms in total. The van der Waals surface area contributed by atoms with Gasteiger partial charge in [-0.3, -0.25) is 0 Å². The van der Waals surface area contributed by atoms with E-state index in [-0.39, 0.29) is 6.09 Å². The van der Waals surface area contributed by atoms with Crippen LogP contribution in [-0.4, -0.2) is 29.7 Å². The fourth-order valence-corrected chi connectivity index (χ4v) is 2.95. The number of allylic oxidation sites excluding steroid dienone is 1. The summed E-state index contributed by atoms with van der Waals surface area (Å²) in [5.74, 6) is 0.440. The van der Waals surface area contributed by atoms with Crippen molar-refractivity contribution in [2.75, 3.05) is 18.8 Å². The summed E-state index contributed by atoms with van der Waals surface area (Å²) in [6.07, 6.45) is 1.66. The van der Waals surface area contributed by atoms with Crippen molar-refractivity contribution in [3.8, 4) is 0 Å². The minimum absolute atomic E-state index is 0.215. The normalized spacial score (nSPS) is 16.3. The zero-order valence-corrected chi connectivity index (χ0v) is 14.7. The number of anilines is 1. The first-order valence-corrected chi connectivity index (χ1v) is 8.20. The molecule has 0 unspecified atom stereocenters. The lowest BCUT2D eigenvalue weighted by Gasteiger charge is -2.33. The van der Waals surface area contributed by atoms with Gasteiger partial charge in [0.05, 0.1) is 0 Å². The number of nitrogen functional groups attached to an aromatic ring is 1. The van der Waals surface area contributed by atoms with Gasteiger partial charge in [-0.15, -0.1) is 0 Å². The number of hydrogen-bond acceptors (Lipinski definition) is 3. The Morgan fingerprint density at radius 2 is 1.91 bits per heavy atom. The lowest BCUT2D eigenvalue weighted by molar-refractivity contribution is 0.0205. The van der Waals surface area contributed by atoms with Gasteiger partial charge in [0.1, 0.15) is 5.60 Å². The van der Waals surface area contributed by atoms with Crippen molar-refractivity contribution < 1.29 is 9.53 Å². The van der Waals surface area contributed by atoms with Gasteiger partial charge in [-0.05, 0) is 69.2 Å². The molecule has 0 aromatic heterocycles. The summed E-state index contributed by atoms with van der Waals surface area (Å²) in [5, 5.41) is 0. The number of likely N-dealkylation sites (tertiary alicyclic amines) is 1. The number of amides is 1. The third-order valence-corrected chi connectivity index (χ3v) is 4.15. The van der Waals surface area contributed by atoms with Crippen LogP contribution in [0.1, 0.15) is 57.6 Å². The van der Waals surface area contributed by atoms with Gasteiger partial charge in [-0.2, -0.15) is 0 Å². The van der Waals surface area contributed by atoms with E-state index in [4.69, 9.17) is 10.5 Å². The quantitative estimate of drug-likeness (QED) is 0.822. The first kappa shape index (κ1) is 17.4. The molecule has 1 amide bonds. The number of benzene rings is 1. The number of rotatable bonds is 2. The molecule has 1 heterocycles. The van der Waals surface area contributed by atoms with Crippen LogP contribution < -0.4 is 5.73 Å². The van der Waals surface area contributed by atoms with Gasteiger partial charge >= 0.3 is 6.09 Å². The zero-order chi connectivity index (χ0) is 17.2. The van der Waals surface area contributed by atoms with Crippen LogP contribution in [0.4, 0.5) is 10.5 Å². The number of nitrogens with two attached hydrogens (primary N) is 1. The monoisotopic (exact) mass is 316 g/mol. The van der Waals surface area contributed by atoms with E-state index in [9.17, 15) is 4.79 Å². The minimum atomic E-state index is -0.444. The maximum absolute atomic E-state index is 12.1. The molecule has 126 valence electrons. The molecule has 2 rings (SSSR count). The van der Waals surface area contributed by atoms with E-state index in [0.29, 0.717) is 5.92 Å². The van der Waals surface area contributed by atoms with Crippen molar-refractivity contribution in [3.05, 3.63) is 35.9 Å². The van der Waals surface area contributed by atoms with Crippen LogP contribution in [0.15, 0.2) is 24.8 Å². The second-order valence-corrected chi connectivity index (χ2v) is 7.37. The Hall–Kier alpha value is -1.97. The summed E-state index contributed by atoms with van der Waals surface area (Å²) in [5.41, 5.74) is 9.71. The zero-order valence-electron chi connectivity index (χ0n) is 14.7. The van der Waals surface area contributed by atoms with Gasteiger partial charge in [0.15, 0.2) is 0 Å². The smallest absolute Gasteiger partial charge is 0.410 e. The Labute approximate surface area is 139 Å². The second kappa shape index (κ2) is 6.65. The van der Waals surface area contributed by atoms with Crippen LogP contribution in [0.2, 0.25) is 0 Å². The van der Waals surface area contributed by atoms with Gasteiger partial charge in [0, 0.05) is 18.8 Å². The summed E-state index contributed by atoms with van der Waals surface area (Å²) in [6.45, 7) is 13.0. The number of nitrogens with zero attached hydrogens (tertiary/aromatic N) is 1. The summed E-state index contributed by atoms with van der Waals surface area (Å²) in [4.78, 5) is 13.9. The molecule has 23 heavy (non-hydrogen) atoms. The molecule has 0 spiro atoms. The van der Waals surface area contributed by atoms with Crippen molar-refractivity contribution in [2.45, 2.75) is 52.1 Å². The lowest BCUT2D eigenvalue weighted by atomic mass is 9.88. The Bertz CT molecular complexity index is 594. The van der Waals surface area contributed by atoms with Crippen LogP contribution in [0.25, 0.3) is 5.57 Å². The third kappa shape index (κ3) is 4.50. The van der Waals surface area contributed by atoms with E-state index in [2.05, 4.69) is 18.7 Å². The molecule has 1 aliphatic heterocycles. The van der Waals surface area contributed by atoms with Gasteiger partial charge in [-0.25, -0.2) is 4.79 Å². The molecule has 4 heteroatoms. The van der Waals surface area contributed by atoms with E-state index >= 15 is 0 Å². The van der Waals surface area contributed by atoms with Crippen LogP contribution in [-0.2, 0) is 4.74 Å². The van der Waals surface area contributed by atoms with E-state index < -0.39 is 5.60 Å². The molecule has 0 bridgehead atoms. The Kier molecular flexibility index (Phi) is 5.03. The number of carbonyl (C=O) groups excluding carboxylic acids is 1. The van der Waals surface area contributed by atoms with Crippen molar-refractivity contribution >= 4 is 17.4 Å². The topological polar surface area (TPSA) is 55.6 Å². The predicted octanol–water partition coefficient (Wildman–Crippen LogP) is 4.42. The van der Waals surface area contributed by atoms with Crippen LogP contribution in [0.3, 0.4) is 0 Å². The summed E-state index contributed by atoms with van der Waals surface area (Å²) < 4.78 is 5.44. The predicted molar refractivity (Wildman–Crippen MR) is 95.3 cm³/mol. The van der Waals surface area contributed by atoms with Crippen molar-refractivity contribution in [1.29, 1.82) is 0 Å². The van der Waals surface area contributed by atoms with Crippen molar-refractivity contribution in [2.24, 2.45) is 0 Å². The summed E-state index contributed by atoms with van der Waals surface area (Å²) in [6, 6.07) is 6.24. The maximum Gasteiger partial charge on any atom is 0.410 e. The molecule has 1 aliphatic rings. The highest BCUT2D eigenvalue weighted by Gasteiger charge is 2.27. The Balaban J connectivity index is 1.98. The maximum atomic E-state index is 12.1.